The zero-order chi connectivity index (χ0) is 7.61. The van der Waals surface area contributed by atoms with E-state index in [-0.39, 0.29) is 0 Å². The van der Waals surface area contributed by atoms with Gasteiger partial charge in [-0.25, -0.2) is 0 Å². The van der Waals surface area contributed by atoms with E-state index in [1.165, 1.54) is 32.1 Å². The minimum Gasteiger partial charge on any atom is -0.176 e. The summed E-state index contributed by atoms with van der Waals surface area (Å²) in [6.07, 6.45) is 6.81. The summed E-state index contributed by atoms with van der Waals surface area (Å²) in [5.74, 6) is 0. The molecule has 1 aliphatic rings. The van der Waals surface area contributed by atoms with Crippen LogP contribution < -0.4 is 0 Å². The molecule has 0 bridgehead atoms. The quantitative estimate of drug-likeness (QED) is 0.406. The van der Waals surface area contributed by atoms with Crippen LogP contribution in [0.2, 0.25) is 0 Å². The predicted molar refractivity (Wildman–Crippen MR) is 49.6 cm³/mol. The van der Waals surface area contributed by atoms with E-state index in [1.54, 1.807) is 0 Å². The lowest BCUT2D eigenvalue weighted by Crippen LogP contribution is -2.14. The molecule has 1 rings (SSSR count). The Hall–Kier alpha value is 0.350. The molecule has 1 saturated carbocycles. The van der Waals surface area contributed by atoms with Crippen LogP contribution in [-0.2, 0) is 0 Å². The van der Waals surface area contributed by atoms with E-state index in [0.717, 1.165) is 0 Å². The highest BCUT2D eigenvalue weighted by molar-refractivity contribution is 7.80. The predicted octanol–water partition coefficient (Wildman–Crippen LogP) is 3.28. The molecule has 1 aliphatic carbocycles. The van der Waals surface area contributed by atoms with Gasteiger partial charge in [0.05, 0.1) is 0 Å². The smallest absolute Gasteiger partial charge is 0.00218 e. The third-order valence-electron chi connectivity index (χ3n) is 2.43. The van der Waals surface area contributed by atoms with Gasteiger partial charge in [-0.05, 0) is 24.7 Å². The number of hydrogen-bond donors (Lipinski definition) is 1. The van der Waals surface area contributed by atoms with Gasteiger partial charge in [-0.15, -0.1) is 0 Å². The molecule has 0 aliphatic heterocycles. The Morgan fingerprint density at radius 1 is 1.30 bits per heavy atom. The normalized spacial score (nSPS) is 33.3. The molecule has 0 saturated heterocycles. The molecular formula is C9H18S. The molecule has 10 heavy (non-hydrogen) atoms. The van der Waals surface area contributed by atoms with Crippen LogP contribution in [0.1, 0.15) is 46.0 Å². The van der Waals surface area contributed by atoms with Crippen LogP contribution in [-0.4, -0.2) is 5.25 Å². The van der Waals surface area contributed by atoms with E-state index in [9.17, 15) is 0 Å². The van der Waals surface area contributed by atoms with E-state index >= 15 is 0 Å². The Balaban J connectivity index is 2.46. The number of rotatable bonds is 0. The molecule has 0 heterocycles. The Labute approximate surface area is 69.8 Å². The summed E-state index contributed by atoms with van der Waals surface area (Å²) in [4.78, 5) is 0. The van der Waals surface area contributed by atoms with Crippen LogP contribution in [0, 0.1) is 5.41 Å². The lowest BCUT2D eigenvalue weighted by molar-refractivity contribution is 0.318. The third kappa shape index (κ3) is 2.53. The standard InChI is InChI=1S/C9H18S/c1-9(2)6-4-3-5-8(10)7-9/h8,10H,3-7H2,1-2H3. The molecule has 1 unspecified atom stereocenters. The second kappa shape index (κ2) is 3.17. The average molecular weight is 158 g/mol. The van der Waals surface area contributed by atoms with E-state index in [2.05, 4.69) is 26.5 Å². The van der Waals surface area contributed by atoms with Gasteiger partial charge >= 0.3 is 0 Å². The van der Waals surface area contributed by atoms with Crippen LogP contribution >= 0.6 is 12.6 Å². The largest absolute Gasteiger partial charge is 0.176 e. The SMILES string of the molecule is CC1(C)CCCCC(S)C1. The number of thiol groups is 1. The highest BCUT2D eigenvalue weighted by Crippen LogP contribution is 2.35. The van der Waals surface area contributed by atoms with E-state index < -0.39 is 0 Å². The Kier molecular flexibility index (Phi) is 2.67. The zero-order valence-electron chi connectivity index (χ0n) is 7.06. The van der Waals surface area contributed by atoms with Crippen molar-refractivity contribution in [3.05, 3.63) is 0 Å². The van der Waals surface area contributed by atoms with E-state index in [0.29, 0.717) is 10.7 Å². The maximum atomic E-state index is 4.54. The summed E-state index contributed by atoms with van der Waals surface area (Å²) in [6, 6.07) is 0. The topological polar surface area (TPSA) is 0 Å². The van der Waals surface area contributed by atoms with Gasteiger partial charge in [0, 0.05) is 5.25 Å². The first kappa shape index (κ1) is 8.45. The van der Waals surface area contributed by atoms with Gasteiger partial charge in [-0.3, -0.25) is 0 Å². The Morgan fingerprint density at radius 2 is 2.00 bits per heavy atom. The van der Waals surface area contributed by atoms with Crippen molar-refractivity contribution in [3.63, 3.8) is 0 Å². The summed E-state index contributed by atoms with van der Waals surface area (Å²) in [7, 11) is 0. The maximum Gasteiger partial charge on any atom is 0.00218 e. The highest BCUT2D eigenvalue weighted by Gasteiger charge is 2.23. The first-order valence-electron chi connectivity index (χ1n) is 4.28. The molecule has 0 amide bonds. The third-order valence-corrected chi connectivity index (χ3v) is 2.87. The second-order valence-electron chi connectivity index (χ2n) is 4.27. The van der Waals surface area contributed by atoms with Gasteiger partial charge in [0.25, 0.3) is 0 Å². The molecule has 0 aromatic rings. The van der Waals surface area contributed by atoms with Crippen molar-refractivity contribution in [2.75, 3.05) is 0 Å². The van der Waals surface area contributed by atoms with Gasteiger partial charge < -0.3 is 0 Å². The van der Waals surface area contributed by atoms with Crippen LogP contribution in [0.15, 0.2) is 0 Å². The van der Waals surface area contributed by atoms with Crippen LogP contribution in [0.5, 0.6) is 0 Å². The zero-order valence-corrected chi connectivity index (χ0v) is 7.95. The molecule has 0 aromatic heterocycles. The minimum atomic E-state index is 0.558. The number of hydrogen-bond acceptors (Lipinski definition) is 1. The lowest BCUT2D eigenvalue weighted by atomic mass is 9.85. The molecule has 60 valence electrons. The fourth-order valence-corrected chi connectivity index (χ4v) is 2.50. The monoisotopic (exact) mass is 158 g/mol. The molecule has 0 aromatic carbocycles. The van der Waals surface area contributed by atoms with Crippen LogP contribution in [0.4, 0.5) is 0 Å². The van der Waals surface area contributed by atoms with Gasteiger partial charge in [-0.2, -0.15) is 12.6 Å². The summed E-state index contributed by atoms with van der Waals surface area (Å²) < 4.78 is 0. The fourth-order valence-electron chi connectivity index (χ4n) is 1.83. The van der Waals surface area contributed by atoms with E-state index in [4.69, 9.17) is 0 Å². The molecule has 0 spiro atoms. The van der Waals surface area contributed by atoms with Gasteiger partial charge in [0.1, 0.15) is 0 Å². The van der Waals surface area contributed by atoms with Crippen molar-refractivity contribution in [2.45, 2.75) is 51.2 Å². The molecule has 0 nitrogen and oxygen atoms in total. The fraction of sp³-hybridized carbons (Fsp3) is 1.00. The summed E-state index contributed by atoms with van der Waals surface area (Å²) in [5, 5.41) is 0.664. The molecule has 0 radical (unpaired) electrons. The van der Waals surface area contributed by atoms with Gasteiger partial charge in [-0.1, -0.05) is 26.7 Å². The molecule has 1 atom stereocenters. The van der Waals surface area contributed by atoms with Gasteiger partial charge in [0.15, 0.2) is 0 Å². The van der Waals surface area contributed by atoms with Gasteiger partial charge in [0.2, 0.25) is 0 Å². The first-order chi connectivity index (χ1) is 4.60. The van der Waals surface area contributed by atoms with Crippen LogP contribution in [0.25, 0.3) is 0 Å². The van der Waals surface area contributed by atoms with Crippen molar-refractivity contribution < 1.29 is 0 Å². The highest BCUT2D eigenvalue weighted by atomic mass is 32.1. The molecule has 1 fully saturated rings. The second-order valence-corrected chi connectivity index (χ2v) is 5.00. The Bertz CT molecular complexity index is 107. The van der Waals surface area contributed by atoms with Crippen molar-refractivity contribution in [3.8, 4) is 0 Å². The summed E-state index contributed by atoms with van der Waals surface area (Å²) >= 11 is 4.54. The van der Waals surface area contributed by atoms with Crippen molar-refractivity contribution in [1.29, 1.82) is 0 Å². The Morgan fingerprint density at radius 3 is 2.70 bits per heavy atom. The van der Waals surface area contributed by atoms with E-state index in [1.807, 2.05) is 0 Å². The average Bonchev–Trinajstić information content (AvgIpc) is 1.90. The molecule has 0 N–H and O–H groups in total. The molecular weight excluding hydrogens is 140 g/mol. The summed E-state index contributed by atoms with van der Waals surface area (Å²) in [6.45, 7) is 4.73. The maximum absolute atomic E-state index is 4.54. The lowest BCUT2D eigenvalue weighted by Gasteiger charge is -2.23. The minimum absolute atomic E-state index is 0.558. The van der Waals surface area contributed by atoms with Crippen molar-refractivity contribution in [1.82, 2.24) is 0 Å². The van der Waals surface area contributed by atoms with Crippen LogP contribution in [0.3, 0.4) is 0 Å². The van der Waals surface area contributed by atoms with Crippen molar-refractivity contribution in [2.24, 2.45) is 5.41 Å². The van der Waals surface area contributed by atoms with Crippen molar-refractivity contribution >= 4 is 12.6 Å². The molecule has 1 heteroatoms. The summed E-state index contributed by atoms with van der Waals surface area (Å²) in [5.41, 5.74) is 0.558. The first-order valence-corrected chi connectivity index (χ1v) is 4.80.